The molecule has 18 heavy (non-hydrogen) atoms. The zero-order chi connectivity index (χ0) is 13.2. The van der Waals surface area contributed by atoms with E-state index in [0.29, 0.717) is 5.41 Å². The van der Waals surface area contributed by atoms with E-state index in [1.54, 1.807) is 0 Å². The summed E-state index contributed by atoms with van der Waals surface area (Å²) >= 11 is 3.57. The molecule has 1 N–H and O–H groups in total. The molecule has 2 rings (SSSR count). The highest BCUT2D eigenvalue weighted by molar-refractivity contribution is 9.10. The molecule has 0 heterocycles. The summed E-state index contributed by atoms with van der Waals surface area (Å²) in [6.07, 6.45) is 4.09. The summed E-state index contributed by atoms with van der Waals surface area (Å²) in [5.74, 6) is 0. The summed E-state index contributed by atoms with van der Waals surface area (Å²) in [6, 6.07) is 6.52. The lowest BCUT2D eigenvalue weighted by molar-refractivity contribution is 0.143. The van der Waals surface area contributed by atoms with Gasteiger partial charge in [0.25, 0.3) is 0 Å². The molecule has 1 aliphatic carbocycles. The van der Waals surface area contributed by atoms with Crippen molar-refractivity contribution in [2.45, 2.75) is 26.2 Å². The first kappa shape index (κ1) is 13.9. The van der Waals surface area contributed by atoms with Crippen LogP contribution in [0.4, 0.5) is 5.69 Å². The molecule has 0 aromatic heterocycles. The van der Waals surface area contributed by atoms with Crippen molar-refractivity contribution in [3.05, 3.63) is 28.2 Å². The molecule has 1 aromatic carbocycles. The zero-order valence-electron chi connectivity index (χ0n) is 11.6. The Morgan fingerprint density at radius 1 is 1.39 bits per heavy atom. The number of hydrogen-bond donors (Lipinski definition) is 1. The zero-order valence-corrected chi connectivity index (χ0v) is 13.2. The van der Waals surface area contributed by atoms with Gasteiger partial charge in [-0.05, 0) is 44.5 Å². The van der Waals surface area contributed by atoms with Gasteiger partial charge in [0.15, 0.2) is 0 Å². The summed E-state index contributed by atoms with van der Waals surface area (Å²) in [6.45, 7) is 4.46. The fourth-order valence-electron chi connectivity index (χ4n) is 3.02. The van der Waals surface area contributed by atoms with Crippen molar-refractivity contribution in [1.29, 1.82) is 0 Å². The SMILES string of the molecule is CNCC1(CN(C)c2cc(Br)ccc2C)CCC1. The van der Waals surface area contributed by atoms with Gasteiger partial charge in [-0.1, -0.05) is 28.4 Å². The molecule has 0 bridgehead atoms. The third kappa shape index (κ3) is 2.89. The summed E-state index contributed by atoms with van der Waals surface area (Å²) in [4.78, 5) is 2.41. The van der Waals surface area contributed by atoms with Gasteiger partial charge >= 0.3 is 0 Å². The third-order valence-corrected chi connectivity index (χ3v) is 4.61. The predicted octanol–water partition coefficient (Wildman–Crippen LogP) is 3.58. The number of anilines is 1. The normalized spacial score (nSPS) is 17.3. The standard InChI is InChI=1S/C15H23BrN2/c1-12-5-6-13(16)9-14(12)18(3)11-15(10-17-2)7-4-8-15/h5-6,9,17H,4,7-8,10-11H2,1-3H3. The average Bonchev–Trinajstić information content (AvgIpc) is 2.29. The lowest BCUT2D eigenvalue weighted by Gasteiger charge is -2.45. The quantitative estimate of drug-likeness (QED) is 0.894. The Bertz CT molecular complexity index is 413. The molecule has 0 unspecified atom stereocenters. The molecular formula is C15H23BrN2. The predicted molar refractivity (Wildman–Crippen MR) is 82.4 cm³/mol. The molecule has 100 valence electrons. The van der Waals surface area contributed by atoms with Crippen molar-refractivity contribution in [3.63, 3.8) is 0 Å². The van der Waals surface area contributed by atoms with Gasteiger partial charge in [-0.15, -0.1) is 0 Å². The van der Waals surface area contributed by atoms with E-state index in [0.717, 1.165) is 17.6 Å². The molecule has 3 heteroatoms. The minimum absolute atomic E-state index is 0.484. The van der Waals surface area contributed by atoms with Crippen LogP contribution in [0.25, 0.3) is 0 Å². The molecular weight excluding hydrogens is 288 g/mol. The molecule has 1 fully saturated rings. The van der Waals surface area contributed by atoms with Gasteiger partial charge in [0.1, 0.15) is 0 Å². The number of halogens is 1. The second kappa shape index (κ2) is 5.62. The monoisotopic (exact) mass is 310 g/mol. The Hall–Kier alpha value is -0.540. The second-order valence-corrected chi connectivity index (χ2v) is 6.59. The lowest BCUT2D eigenvalue weighted by Crippen LogP contribution is -2.47. The first-order valence-corrected chi connectivity index (χ1v) is 7.47. The van der Waals surface area contributed by atoms with Crippen LogP contribution in [0.3, 0.4) is 0 Å². The molecule has 1 saturated carbocycles. The van der Waals surface area contributed by atoms with Crippen LogP contribution in [-0.4, -0.2) is 27.2 Å². The van der Waals surface area contributed by atoms with E-state index in [4.69, 9.17) is 0 Å². The van der Waals surface area contributed by atoms with Crippen LogP contribution >= 0.6 is 15.9 Å². The molecule has 1 aliphatic rings. The number of nitrogens with zero attached hydrogens (tertiary/aromatic N) is 1. The fourth-order valence-corrected chi connectivity index (χ4v) is 3.37. The summed E-state index contributed by atoms with van der Waals surface area (Å²) in [5, 5.41) is 3.36. The Labute approximate surface area is 119 Å². The van der Waals surface area contributed by atoms with E-state index in [9.17, 15) is 0 Å². The van der Waals surface area contributed by atoms with Crippen molar-refractivity contribution in [3.8, 4) is 0 Å². The maximum absolute atomic E-state index is 3.57. The summed E-state index contributed by atoms with van der Waals surface area (Å²) in [7, 11) is 4.27. The first-order chi connectivity index (χ1) is 8.56. The van der Waals surface area contributed by atoms with Crippen LogP contribution < -0.4 is 10.2 Å². The van der Waals surface area contributed by atoms with Crippen molar-refractivity contribution in [2.75, 3.05) is 32.1 Å². The largest absolute Gasteiger partial charge is 0.374 e. The van der Waals surface area contributed by atoms with Gasteiger partial charge in [0.05, 0.1) is 0 Å². The molecule has 1 aromatic rings. The number of rotatable bonds is 5. The van der Waals surface area contributed by atoms with Crippen molar-refractivity contribution >= 4 is 21.6 Å². The topological polar surface area (TPSA) is 15.3 Å². The summed E-state index contributed by atoms with van der Waals surface area (Å²) < 4.78 is 1.16. The minimum atomic E-state index is 0.484. The van der Waals surface area contributed by atoms with Crippen LogP contribution in [0.5, 0.6) is 0 Å². The second-order valence-electron chi connectivity index (χ2n) is 5.67. The van der Waals surface area contributed by atoms with E-state index in [1.165, 1.54) is 30.5 Å². The average molecular weight is 311 g/mol. The number of hydrogen-bond acceptors (Lipinski definition) is 2. The van der Waals surface area contributed by atoms with Gasteiger partial charge in [0, 0.05) is 35.7 Å². The first-order valence-electron chi connectivity index (χ1n) is 6.68. The number of benzene rings is 1. The molecule has 0 spiro atoms. The molecule has 0 radical (unpaired) electrons. The minimum Gasteiger partial charge on any atom is -0.374 e. The van der Waals surface area contributed by atoms with Crippen molar-refractivity contribution in [1.82, 2.24) is 5.32 Å². The van der Waals surface area contributed by atoms with Gasteiger partial charge in [-0.25, -0.2) is 0 Å². The van der Waals surface area contributed by atoms with E-state index >= 15 is 0 Å². The third-order valence-electron chi connectivity index (χ3n) is 4.12. The highest BCUT2D eigenvalue weighted by atomic mass is 79.9. The molecule has 0 atom stereocenters. The van der Waals surface area contributed by atoms with Crippen LogP contribution in [0.1, 0.15) is 24.8 Å². The van der Waals surface area contributed by atoms with Gasteiger partial charge < -0.3 is 10.2 Å². The lowest BCUT2D eigenvalue weighted by atomic mass is 9.68. The van der Waals surface area contributed by atoms with Crippen LogP contribution in [0.2, 0.25) is 0 Å². The van der Waals surface area contributed by atoms with Gasteiger partial charge in [0.2, 0.25) is 0 Å². The number of aryl methyl sites for hydroxylation is 1. The Balaban J connectivity index is 2.11. The van der Waals surface area contributed by atoms with E-state index in [-0.39, 0.29) is 0 Å². The van der Waals surface area contributed by atoms with Crippen LogP contribution in [-0.2, 0) is 0 Å². The van der Waals surface area contributed by atoms with E-state index in [2.05, 4.69) is 65.4 Å². The Kier molecular flexibility index (Phi) is 4.33. The maximum Gasteiger partial charge on any atom is 0.0404 e. The summed E-state index contributed by atoms with van der Waals surface area (Å²) in [5.41, 5.74) is 3.17. The van der Waals surface area contributed by atoms with Crippen molar-refractivity contribution in [2.24, 2.45) is 5.41 Å². The van der Waals surface area contributed by atoms with Crippen LogP contribution in [0.15, 0.2) is 22.7 Å². The van der Waals surface area contributed by atoms with E-state index in [1.807, 2.05) is 0 Å². The van der Waals surface area contributed by atoms with Crippen LogP contribution in [0, 0.1) is 12.3 Å². The maximum atomic E-state index is 3.57. The van der Waals surface area contributed by atoms with Gasteiger partial charge in [-0.3, -0.25) is 0 Å². The molecule has 0 aliphatic heterocycles. The highest BCUT2D eigenvalue weighted by Crippen LogP contribution is 2.41. The van der Waals surface area contributed by atoms with Crippen molar-refractivity contribution < 1.29 is 0 Å². The Morgan fingerprint density at radius 3 is 2.67 bits per heavy atom. The highest BCUT2D eigenvalue weighted by Gasteiger charge is 2.37. The fraction of sp³-hybridized carbons (Fsp3) is 0.600. The van der Waals surface area contributed by atoms with Gasteiger partial charge in [-0.2, -0.15) is 0 Å². The Morgan fingerprint density at radius 2 is 2.11 bits per heavy atom. The smallest absolute Gasteiger partial charge is 0.0404 e. The molecule has 0 saturated heterocycles. The van der Waals surface area contributed by atoms with E-state index < -0.39 is 0 Å². The number of nitrogens with one attached hydrogen (secondary N) is 1. The molecule has 0 amide bonds. The molecule has 2 nitrogen and oxygen atoms in total.